The first kappa shape index (κ1) is 27.6. The summed E-state index contributed by atoms with van der Waals surface area (Å²) < 4.78 is 11.5. The molecule has 4 rings (SSSR count). The maximum atomic E-state index is 12.7. The Morgan fingerprint density at radius 3 is 2.67 bits per heavy atom. The Hall–Kier alpha value is -4.48. The number of nitrogens with one attached hydrogen (secondary N) is 3. The summed E-state index contributed by atoms with van der Waals surface area (Å²) in [7, 11) is 3.01. The van der Waals surface area contributed by atoms with Gasteiger partial charge in [-0.3, -0.25) is 14.4 Å². The van der Waals surface area contributed by atoms with Crippen molar-refractivity contribution in [1.29, 1.82) is 0 Å². The Bertz CT molecular complexity index is 1410. The van der Waals surface area contributed by atoms with Crippen LogP contribution in [0.15, 0.2) is 61.3 Å². The molecule has 0 saturated carbocycles. The molecule has 39 heavy (non-hydrogen) atoms. The summed E-state index contributed by atoms with van der Waals surface area (Å²) in [6.45, 7) is 4.55. The number of hydrogen-bond donors (Lipinski definition) is 3. The molecule has 3 N–H and O–H groups in total. The number of anilines is 5. The number of likely N-dealkylation sites (N-methyl/N-ethyl adjacent to an activating group) is 1. The summed E-state index contributed by atoms with van der Waals surface area (Å²) in [6.07, 6.45) is 3.18. The number of carbonyl (C=O) groups is 3. The lowest BCUT2D eigenvalue weighted by molar-refractivity contribution is -0.124. The molecule has 2 amide bonds. The number of benzene rings is 2. The lowest BCUT2D eigenvalue weighted by Gasteiger charge is -2.18. The maximum Gasteiger partial charge on any atom is 0.294 e. The molecule has 11 nitrogen and oxygen atoms in total. The third-order valence-corrected chi connectivity index (χ3v) is 5.91. The lowest BCUT2D eigenvalue weighted by atomic mass is 10.1. The molecule has 1 aliphatic heterocycles. The van der Waals surface area contributed by atoms with E-state index in [9.17, 15) is 14.4 Å². The second-order valence-corrected chi connectivity index (χ2v) is 9.13. The van der Waals surface area contributed by atoms with Crippen molar-refractivity contribution >= 4 is 58.0 Å². The highest BCUT2D eigenvalue weighted by Gasteiger charge is 2.22. The van der Waals surface area contributed by atoms with Crippen LogP contribution in [0.2, 0.25) is 5.02 Å². The zero-order chi connectivity index (χ0) is 27.9. The van der Waals surface area contributed by atoms with Crippen LogP contribution in [0, 0.1) is 0 Å². The fraction of sp³-hybridized carbons (Fsp3) is 0.222. The summed E-state index contributed by atoms with van der Waals surface area (Å²) in [5.41, 5.74) is 1.51. The molecule has 1 fully saturated rings. The van der Waals surface area contributed by atoms with Crippen molar-refractivity contribution in [3.05, 3.63) is 71.9 Å². The highest BCUT2D eigenvalue weighted by atomic mass is 35.5. The quantitative estimate of drug-likeness (QED) is 0.193. The number of nitrogens with zero attached hydrogens (tertiary/aromatic N) is 3. The predicted molar refractivity (Wildman–Crippen MR) is 148 cm³/mol. The van der Waals surface area contributed by atoms with Gasteiger partial charge in [0.05, 0.1) is 36.3 Å². The van der Waals surface area contributed by atoms with Crippen LogP contribution in [0.5, 0.6) is 5.75 Å². The normalized spacial score (nSPS) is 14.3. The average molecular weight is 551 g/mol. The van der Waals surface area contributed by atoms with Gasteiger partial charge in [-0.15, -0.1) is 0 Å². The Labute approximate surface area is 230 Å². The smallest absolute Gasteiger partial charge is 0.294 e. The first-order chi connectivity index (χ1) is 18.7. The molecule has 0 spiro atoms. The van der Waals surface area contributed by atoms with E-state index >= 15 is 0 Å². The first-order valence-electron chi connectivity index (χ1n) is 12.0. The standard InChI is InChI=1S/C27H27ClN6O5/c1-4-23(35)30-16-9-10-22(39-17-11-12-38-15-17)21(13-16)32-27-29-14-19(28)25(33-27)31-20-8-6-5-7-18(20)24(36)26(37)34(2)3/h4-10,13-14,17H,1,11-12,15H2,2-3H3,(H,30,35)(H2,29,31,32,33). The van der Waals surface area contributed by atoms with Crippen LogP contribution >= 0.6 is 11.6 Å². The Kier molecular flexibility index (Phi) is 8.74. The third kappa shape index (κ3) is 6.89. The van der Waals surface area contributed by atoms with Crippen LogP contribution in [-0.4, -0.2) is 65.9 Å². The van der Waals surface area contributed by atoms with Crippen molar-refractivity contribution in [3.8, 4) is 5.75 Å². The van der Waals surface area contributed by atoms with Crippen molar-refractivity contribution in [1.82, 2.24) is 14.9 Å². The van der Waals surface area contributed by atoms with Gasteiger partial charge in [0, 0.05) is 26.2 Å². The second kappa shape index (κ2) is 12.4. The highest BCUT2D eigenvalue weighted by molar-refractivity contribution is 6.43. The largest absolute Gasteiger partial charge is 0.486 e. The van der Waals surface area contributed by atoms with E-state index in [1.54, 1.807) is 42.5 Å². The number of para-hydroxylation sites is 1. The van der Waals surface area contributed by atoms with Gasteiger partial charge < -0.3 is 30.3 Å². The third-order valence-electron chi connectivity index (χ3n) is 5.63. The summed E-state index contributed by atoms with van der Waals surface area (Å²) in [6, 6.07) is 11.7. The van der Waals surface area contributed by atoms with E-state index in [-0.39, 0.29) is 34.4 Å². The number of Topliss-reactive ketones (excluding diaryl/α,β-unsaturated/α-hetero) is 1. The van der Waals surface area contributed by atoms with Gasteiger partial charge in [-0.05, 0) is 36.4 Å². The van der Waals surface area contributed by atoms with Crippen molar-refractivity contribution in [2.75, 3.05) is 43.3 Å². The van der Waals surface area contributed by atoms with Crippen molar-refractivity contribution in [3.63, 3.8) is 0 Å². The molecule has 2 aromatic carbocycles. The van der Waals surface area contributed by atoms with Crippen molar-refractivity contribution < 1.29 is 23.9 Å². The monoisotopic (exact) mass is 550 g/mol. The van der Waals surface area contributed by atoms with E-state index < -0.39 is 11.7 Å². The summed E-state index contributed by atoms with van der Waals surface area (Å²) in [4.78, 5) is 46.8. The number of hydrogen-bond acceptors (Lipinski definition) is 9. The van der Waals surface area contributed by atoms with Crippen LogP contribution in [0.25, 0.3) is 0 Å². The SMILES string of the molecule is C=CC(=O)Nc1ccc(OC2CCOC2)c(Nc2ncc(Cl)c(Nc3ccccc3C(=O)C(=O)N(C)C)n2)c1. The van der Waals surface area contributed by atoms with Gasteiger partial charge in [0.2, 0.25) is 11.9 Å². The van der Waals surface area contributed by atoms with E-state index in [1.165, 1.54) is 31.3 Å². The van der Waals surface area contributed by atoms with E-state index in [4.69, 9.17) is 21.1 Å². The number of carbonyl (C=O) groups excluding carboxylic acids is 3. The molecule has 1 aromatic heterocycles. The van der Waals surface area contributed by atoms with Gasteiger partial charge in [0.15, 0.2) is 5.82 Å². The van der Waals surface area contributed by atoms with Gasteiger partial charge in [-0.2, -0.15) is 4.98 Å². The van der Waals surface area contributed by atoms with Crippen LogP contribution < -0.4 is 20.7 Å². The summed E-state index contributed by atoms with van der Waals surface area (Å²) in [5, 5.41) is 9.04. The van der Waals surface area contributed by atoms with Crippen molar-refractivity contribution in [2.24, 2.45) is 0 Å². The molecule has 0 radical (unpaired) electrons. The van der Waals surface area contributed by atoms with E-state index in [0.29, 0.717) is 36.0 Å². The number of amides is 2. The molecule has 0 bridgehead atoms. The average Bonchev–Trinajstić information content (AvgIpc) is 3.44. The molecule has 0 aliphatic carbocycles. The minimum atomic E-state index is -0.678. The molecule has 1 aliphatic rings. The van der Waals surface area contributed by atoms with Crippen LogP contribution in [0.3, 0.4) is 0 Å². The number of aromatic nitrogens is 2. The first-order valence-corrected chi connectivity index (χ1v) is 12.4. The molecule has 1 saturated heterocycles. The van der Waals surface area contributed by atoms with Crippen LogP contribution in [0.1, 0.15) is 16.8 Å². The fourth-order valence-corrected chi connectivity index (χ4v) is 3.80. The molecule has 12 heteroatoms. The zero-order valence-corrected chi connectivity index (χ0v) is 22.1. The molecular formula is C27H27ClN6O5. The van der Waals surface area contributed by atoms with Crippen LogP contribution in [-0.2, 0) is 14.3 Å². The molecular weight excluding hydrogens is 524 g/mol. The number of halogens is 1. The molecule has 2 heterocycles. The number of rotatable bonds is 10. The van der Waals surface area contributed by atoms with Gasteiger partial charge in [0.25, 0.3) is 11.7 Å². The Morgan fingerprint density at radius 1 is 1.15 bits per heavy atom. The lowest BCUT2D eigenvalue weighted by Crippen LogP contribution is -2.30. The van der Waals surface area contributed by atoms with Gasteiger partial charge in [-0.25, -0.2) is 4.98 Å². The predicted octanol–water partition coefficient (Wildman–Crippen LogP) is 4.18. The zero-order valence-electron chi connectivity index (χ0n) is 21.4. The number of ketones is 1. The Balaban J connectivity index is 1.63. The minimum absolute atomic E-state index is 0.124. The number of ether oxygens (including phenoxy) is 2. The Morgan fingerprint density at radius 2 is 1.95 bits per heavy atom. The van der Waals surface area contributed by atoms with E-state index in [2.05, 4.69) is 32.5 Å². The maximum absolute atomic E-state index is 12.7. The topological polar surface area (TPSA) is 135 Å². The van der Waals surface area contributed by atoms with Gasteiger partial charge in [0.1, 0.15) is 16.9 Å². The van der Waals surface area contributed by atoms with E-state index in [0.717, 1.165) is 6.42 Å². The summed E-state index contributed by atoms with van der Waals surface area (Å²) >= 11 is 6.37. The molecule has 1 atom stereocenters. The van der Waals surface area contributed by atoms with E-state index in [1.807, 2.05) is 0 Å². The molecule has 3 aromatic rings. The molecule has 1 unspecified atom stereocenters. The highest BCUT2D eigenvalue weighted by Crippen LogP contribution is 2.33. The second-order valence-electron chi connectivity index (χ2n) is 8.72. The van der Waals surface area contributed by atoms with Crippen LogP contribution in [0.4, 0.5) is 28.8 Å². The summed E-state index contributed by atoms with van der Waals surface area (Å²) in [5.74, 6) is -0.835. The van der Waals surface area contributed by atoms with Gasteiger partial charge >= 0.3 is 0 Å². The fourth-order valence-electron chi connectivity index (χ4n) is 3.66. The minimum Gasteiger partial charge on any atom is -0.486 e. The molecule has 202 valence electrons. The van der Waals surface area contributed by atoms with Crippen molar-refractivity contribution in [2.45, 2.75) is 12.5 Å². The van der Waals surface area contributed by atoms with Gasteiger partial charge in [-0.1, -0.05) is 30.3 Å².